The SMILES string of the molecule is N#C[C@@]1(c2ccc3cnn(-c4cnn(C5COC5)c4)c3c2)CC12CC2. The van der Waals surface area contributed by atoms with E-state index < -0.39 is 0 Å². The van der Waals surface area contributed by atoms with Crippen LogP contribution in [0.4, 0.5) is 0 Å². The van der Waals surface area contributed by atoms with E-state index in [1.165, 1.54) is 12.8 Å². The van der Waals surface area contributed by atoms with Crippen LogP contribution in [0, 0.1) is 16.7 Å². The second kappa shape index (κ2) is 4.30. The van der Waals surface area contributed by atoms with Gasteiger partial charge in [0, 0.05) is 5.39 Å². The highest BCUT2D eigenvalue weighted by Gasteiger charge is 2.75. The van der Waals surface area contributed by atoms with Gasteiger partial charge < -0.3 is 4.74 Å². The fourth-order valence-corrected chi connectivity index (χ4v) is 4.35. The van der Waals surface area contributed by atoms with Crippen molar-refractivity contribution in [1.82, 2.24) is 19.6 Å². The molecule has 0 unspecified atom stereocenters. The Hall–Kier alpha value is -2.65. The fourth-order valence-electron chi connectivity index (χ4n) is 4.35. The highest BCUT2D eigenvalue weighted by atomic mass is 16.5. The predicted octanol–water partition coefficient (Wildman–Crippen LogP) is 2.74. The fraction of sp³-hybridized carbons (Fsp3) is 0.421. The summed E-state index contributed by atoms with van der Waals surface area (Å²) in [6.07, 6.45) is 9.13. The van der Waals surface area contributed by atoms with E-state index >= 15 is 0 Å². The minimum atomic E-state index is -0.274. The van der Waals surface area contributed by atoms with Gasteiger partial charge in [-0.05, 0) is 36.3 Å². The number of hydrogen-bond donors (Lipinski definition) is 0. The quantitative estimate of drug-likeness (QED) is 0.740. The van der Waals surface area contributed by atoms with Crippen LogP contribution in [0.3, 0.4) is 0 Å². The zero-order valence-electron chi connectivity index (χ0n) is 13.7. The second-order valence-electron chi connectivity index (χ2n) is 7.67. The molecule has 1 atom stereocenters. The summed E-state index contributed by atoms with van der Waals surface area (Å²) in [7, 11) is 0. The van der Waals surface area contributed by atoms with E-state index in [9.17, 15) is 5.26 Å². The Morgan fingerprint density at radius 3 is 2.76 bits per heavy atom. The molecule has 25 heavy (non-hydrogen) atoms. The Kier molecular flexibility index (Phi) is 2.34. The Labute approximate surface area is 144 Å². The highest BCUT2D eigenvalue weighted by Crippen LogP contribution is 2.78. The van der Waals surface area contributed by atoms with Crippen molar-refractivity contribution < 1.29 is 4.74 Å². The summed E-state index contributed by atoms with van der Waals surface area (Å²) < 4.78 is 9.12. The first-order valence-electron chi connectivity index (χ1n) is 8.77. The first-order chi connectivity index (χ1) is 12.2. The van der Waals surface area contributed by atoms with Crippen molar-refractivity contribution in [3.05, 3.63) is 42.4 Å². The van der Waals surface area contributed by atoms with Crippen LogP contribution in [-0.4, -0.2) is 32.8 Å². The maximum atomic E-state index is 9.79. The molecule has 124 valence electrons. The maximum Gasteiger partial charge on any atom is 0.103 e. The van der Waals surface area contributed by atoms with Crippen LogP contribution in [-0.2, 0) is 10.2 Å². The van der Waals surface area contributed by atoms with Gasteiger partial charge >= 0.3 is 0 Å². The Morgan fingerprint density at radius 1 is 1.20 bits per heavy atom. The van der Waals surface area contributed by atoms with Crippen molar-refractivity contribution in [2.75, 3.05) is 13.2 Å². The van der Waals surface area contributed by atoms with Crippen LogP contribution in [0.5, 0.6) is 0 Å². The lowest BCUT2D eigenvalue weighted by Gasteiger charge is -2.25. The number of benzene rings is 1. The van der Waals surface area contributed by atoms with E-state index in [0.717, 1.165) is 41.8 Å². The largest absolute Gasteiger partial charge is 0.377 e. The summed E-state index contributed by atoms with van der Waals surface area (Å²) >= 11 is 0. The third-order valence-electron chi connectivity index (χ3n) is 6.32. The van der Waals surface area contributed by atoms with Crippen molar-refractivity contribution in [3.8, 4) is 11.8 Å². The van der Waals surface area contributed by atoms with E-state index in [1.807, 2.05) is 28.0 Å². The molecule has 0 amide bonds. The Morgan fingerprint density at radius 2 is 2.08 bits per heavy atom. The topological polar surface area (TPSA) is 68.7 Å². The van der Waals surface area contributed by atoms with Crippen molar-refractivity contribution >= 4 is 10.9 Å². The average molecular weight is 331 g/mol. The Bertz CT molecular complexity index is 1050. The normalized spacial score (nSPS) is 26.5. The van der Waals surface area contributed by atoms with Crippen molar-refractivity contribution in [2.45, 2.75) is 30.7 Å². The number of nitriles is 1. The summed E-state index contributed by atoms with van der Waals surface area (Å²) in [6, 6.07) is 9.29. The van der Waals surface area contributed by atoms with Gasteiger partial charge in [-0.25, -0.2) is 4.68 Å². The molecule has 1 spiro atoms. The van der Waals surface area contributed by atoms with Gasteiger partial charge in [0.05, 0.1) is 54.8 Å². The average Bonchev–Trinajstić information content (AvgIpc) is 3.36. The molecule has 2 saturated carbocycles. The summed E-state index contributed by atoms with van der Waals surface area (Å²) in [5, 5.41) is 19.9. The van der Waals surface area contributed by atoms with E-state index in [1.54, 1.807) is 0 Å². The molecule has 3 aliphatic rings. The van der Waals surface area contributed by atoms with Crippen LogP contribution in [0.25, 0.3) is 16.6 Å². The van der Waals surface area contributed by atoms with Gasteiger partial charge in [-0.15, -0.1) is 0 Å². The number of ether oxygens (including phenoxy) is 1. The third-order valence-corrected chi connectivity index (χ3v) is 6.32. The van der Waals surface area contributed by atoms with Crippen LogP contribution in [0.2, 0.25) is 0 Å². The number of aromatic nitrogens is 4. The second-order valence-corrected chi connectivity index (χ2v) is 7.67. The van der Waals surface area contributed by atoms with Gasteiger partial charge in [0.15, 0.2) is 0 Å². The number of fused-ring (bicyclic) bond motifs is 1. The molecular weight excluding hydrogens is 314 g/mol. The summed E-state index contributed by atoms with van der Waals surface area (Å²) in [4.78, 5) is 0. The van der Waals surface area contributed by atoms with E-state index in [2.05, 4.69) is 34.5 Å². The number of nitrogens with zero attached hydrogens (tertiary/aromatic N) is 5. The van der Waals surface area contributed by atoms with E-state index in [4.69, 9.17) is 4.74 Å². The highest BCUT2D eigenvalue weighted by molar-refractivity contribution is 5.82. The number of hydrogen-bond acceptors (Lipinski definition) is 4. The van der Waals surface area contributed by atoms with Gasteiger partial charge in [-0.2, -0.15) is 15.5 Å². The van der Waals surface area contributed by atoms with Crippen molar-refractivity contribution in [2.24, 2.45) is 5.41 Å². The van der Waals surface area contributed by atoms with Crippen molar-refractivity contribution in [3.63, 3.8) is 0 Å². The molecule has 1 aliphatic heterocycles. The van der Waals surface area contributed by atoms with Gasteiger partial charge in [-0.3, -0.25) is 4.68 Å². The van der Waals surface area contributed by atoms with Crippen LogP contribution in [0.15, 0.2) is 36.8 Å². The molecule has 0 N–H and O–H groups in total. The van der Waals surface area contributed by atoms with Crippen LogP contribution < -0.4 is 0 Å². The molecule has 6 rings (SSSR count). The first kappa shape index (κ1) is 13.6. The summed E-state index contributed by atoms with van der Waals surface area (Å²) in [5.74, 6) is 0. The van der Waals surface area contributed by atoms with E-state index in [-0.39, 0.29) is 10.8 Å². The zero-order valence-corrected chi connectivity index (χ0v) is 13.7. The summed E-state index contributed by atoms with van der Waals surface area (Å²) in [5.41, 5.74) is 3.13. The molecule has 6 nitrogen and oxygen atoms in total. The van der Waals surface area contributed by atoms with Gasteiger partial charge in [-0.1, -0.05) is 12.1 Å². The van der Waals surface area contributed by atoms with Crippen LogP contribution in [0.1, 0.15) is 30.9 Å². The predicted molar refractivity (Wildman–Crippen MR) is 90.3 cm³/mol. The minimum absolute atomic E-state index is 0.273. The monoisotopic (exact) mass is 331 g/mol. The third kappa shape index (κ3) is 1.66. The smallest absolute Gasteiger partial charge is 0.103 e. The lowest BCUT2D eigenvalue weighted by molar-refractivity contribution is -0.0286. The molecule has 0 radical (unpaired) electrons. The number of rotatable bonds is 3. The molecule has 3 heterocycles. The van der Waals surface area contributed by atoms with Crippen LogP contribution >= 0.6 is 0 Å². The van der Waals surface area contributed by atoms with Crippen molar-refractivity contribution in [1.29, 1.82) is 5.26 Å². The Balaban J connectivity index is 1.45. The molecule has 1 saturated heterocycles. The molecule has 2 aromatic heterocycles. The standard InChI is InChI=1S/C19H17N5O/c20-12-19(11-18(19)3-4-18)14-2-1-13-6-22-24(17(13)5-14)15-7-21-23(8-15)16-9-25-10-16/h1-2,5-8,16H,3-4,9-11H2/t19-/m1/s1. The molecule has 0 bridgehead atoms. The molecule has 6 heteroatoms. The molecule has 1 aromatic carbocycles. The van der Waals surface area contributed by atoms with Gasteiger partial charge in [0.2, 0.25) is 0 Å². The van der Waals surface area contributed by atoms with Gasteiger partial charge in [0.25, 0.3) is 0 Å². The first-order valence-corrected chi connectivity index (χ1v) is 8.77. The van der Waals surface area contributed by atoms with E-state index in [0.29, 0.717) is 6.04 Å². The lowest BCUT2D eigenvalue weighted by Crippen LogP contribution is -2.30. The van der Waals surface area contributed by atoms with Gasteiger partial charge in [0.1, 0.15) is 5.69 Å². The minimum Gasteiger partial charge on any atom is -0.377 e. The molecular formula is C19H17N5O. The maximum absolute atomic E-state index is 9.79. The molecule has 3 fully saturated rings. The molecule has 2 aliphatic carbocycles. The zero-order chi connectivity index (χ0) is 16.6. The summed E-state index contributed by atoms with van der Waals surface area (Å²) in [6.45, 7) is 1.44. The lowest BCUT2D eigenvalue weighted by atomic mass is 9.93. The molecule has 3 aromatic rings.